The zero-order chi connectivity index (χ0) is 22.5. The minimum absolute atomic E-state index is 0. The highest BCUT2D eigenvalue weighted by Gasteiger charge is 2.21. The molecular weight excluding hydrogens is 428 g/mol. The molecule has 168 valence electrons. The van der Waals surface area contributed by atoms with E-state index in [0.717, 1.165) is 11.6 Å². The van der Waals surface area contributed by atoms with Gasteiger partial charge in [-0.2, -0.15) is 0 Å². The Bertz CT molecular complexity index is 1250. The number of carbonyl (C=O) groups is 1. The summed E-state index contributed by atoms with van der Waals surface area (Å²) in [6.07, 6.45) is 0.810. The molecule has 0 spiro atoms. The maximum absolute atomic E-state index is 12.5. The van der Waals surface area contributed by atoms with E-state index in [1.165, 1.54) is 36.4 Å². The summed E-state index contributed by atoms with van der Waals surface area (Å²) in [5.41, 5.74) is 1.50. The average Bonchev–Trinajstić information content (AvgIpc) is 3.28. The van der Waals surface area contributed by atoms with Crippen LogP contribution in [0.1, 0.15) is 22.5 Å². The minimum Gasteiger partial charge on any atom is -0.870 e. The number of benzene rings is 3. The van der Waals surface area contributed by atoms with Gasteiger partial charge in [-0.3, -0.25) is 4.79 Å². The summed E-state index contributed by atoms with van der Waals surface area (Å²) in [4.78, 5) is 23.1. The van der Waals surface area contributed by atoms with E-state index in [4.69, 9.17) is 9.26 Å². The van der Waals surface area contributed by atoms with Gasteiger partial charge in [0.2, 0.25) is 0 Å². The van der Waals surface area contributed by atoms with Crippen LogP contribution in [0.2, 0.25) is 0 Å². The first-order chi connectivity index (χ1) is 15.5. The van der Waals surface area contributed by atoms with Crippen LogP contribution in [0, 0.1) is 4.91 Å². The lowest BCUT2D eigenvalue weighted by atomic mass is 10.0. The maximum atomic E-state index is 12.5. The second-order valence-corrected chi connectivity index (χ2v) is 7.01. The SMILES string of the molecule is O=Nc1ccc(Oc2cc(O)cc(O)c2-c2cc(C(=O)CCc3ccccc3)no2)cc1.[OH-]. The monoisotopic (exact) mass is 447 g/mol. The Hall–Kier alpha value is -4.50. The number of phenols is 2. The number of phenolic OH excluding ortho intramolecular Hbond substituents is 2. The number of hydrogen-bond donors (Lipinski definition) is 2. The van der Waals surface area contributed by atoms with E-state index >= 15 is 0 Å². The molecule has 1 heterocycles. The molecule has 1 aromatic heterocycles. The number of nitrogens with zero attached hydrogens (tertiary/aromatic N) is 2. The normalized spacial score (nSPS) is 10.3. The molecule has 0 amide bonds. The number of ether oxygens (including phenoxy) is 1. The third-order valence-electron chi connectivity index (χ3n) is 4.76. The molecule has 9 heteroatoms. The topological polar surface area (TPSA) is 152 Å². The van der Waals surface area contributed by atoms with Crippen molar-refractivity contribution in [2.24, 2.45) is 5.18 Å². The molecule has 3 aromatic carbocycles. The van der Waals surface area contributed by atoms with Gasteiger partial charge in [0.25, 0.3) is 0 Å². The van der Waals surface area contributed by atoms with Crippen molar-refractivity contribution >= 4 is 11.5 Å². The Morgan fingerprint density at radius 3 is 2.42 bits per heavy atom. The molecule has 3 N–H and O–H groups in total. The number of nitroso groups, excluding NO2 is 1. The highest BCUT2D eigenvalue weighted by molar-refractivity contribution is 5.95. The van der Waals surface area contributed by atoms with Crippen molar-refractivity contribution in [1.29, 1.82) is 0 Å². The lowest BCUT2D eigenvalue weighted by Crippen LogP contribution is -2.01. The van der Waals surface area contributed by atoms with Gasteiger partial charge < -0.3 is 24.9 Å². The lowest BCUT2D eigenvalue weighted by molar-refractivity contribution is 0.0974. The molecule has 0 unspecified atom stereocenters. The molecule has 4 aromatic rings. The Labute approximate surface area is 188 Å². The van der Waals surface area contributed by atoms with Crippen molar-refractivity contribution in [3.05, 3.63) is 89.0 Å². The van der Waals surface area contributed by atoms with Crippen molar-refractivity contribution < 1.29 is 29.7 Å². The third kappa shape index (κ3) is 5.41. The molecule has 0 radical (unpaired) electrons. The van der Waals surface area contributed by atoms with Crippen LogP contribution in [0.25, 0.3) is 11.3 Å². The molecule has 0 saturated heterocycles. The summed E-state index contributed by atoms with van der Waals surface area (Å²) in [6, 6.07) is 19.4. The van der Waals surface area contributed by atoms with Crippen LogP contribution in [0.15, 0.2) is 82.5 Å². The predicted octanol–water partition coefficient (Wildman–Crippen LogP) is 5.58. The molecule has 0 fully saturated rings. The number of aryl methyl sites for hydroxylation is 1. The Morgan fingerprint density at radius 1 is 1.00 bits per heavy atom. The van der Waals surface area contributed by atoms with Crippen molar-refractivity contribution in [3.8, 4) is 34.3 Å². The zero-order valence-electron chi connectivity index (χ0n) is 17.2. The first-order valence-corrected chi connectivity index (χ1v) is 9.75. The van der Waals surface area contributed by atoms with Crippen molar-refractivity contribution in [2.45, 2.75) is 12.8 Å². The maximum Gasteiger partial charge on any atom is 0.185 e. The molecule has 0 atom stereocenters. The van der Waals surface area contributed by atoms with Gasteiger partial charge in [-0.05, 0) is 41.4 Å². The van der Waals surface area contributed by atoms with Crippen LogP contribution >= 0.6 is 0 Å². The lowest BCUT2D eigenvalue weighted by Gasteiger charge is -2.11. The number of rotatable bonds is 8. The van der Waals surface area contributed by atoms with Crippen LogP contribution in [-0.2, 0) is 6.42 Å². The Kier molecular flexibility index (Phi) is 7.17. The minimum atomic E-state index is -0.314. The van der Waals surface area contributed by atoms with E-state index in [1.807, 2.05) is 30.3 Å². The summed E-state index contributed by atoms with van der Waals surface area (Å²) < 4.78 is 11.1. The third-order valence-corrected chi connectivity index (χ3v) is 4.76. The zero-order valence-corrected chi connectivity index (χ0v) is 17.2. The fourth-order valence-electron chi connectivity index (χ4n) is 3.17. The van der Waals surface area contributed by atoms with Gasteiger partial charge in [-0.25, -0.2) is 0 Å². The van der Waals surface area contributed by atoms with Gasteiger partial charge in [0.15, 0.2) is 11.5 Å². The quantitative estimate of drug-likeness (QED) is 0.262. The van der Waals surface area contributed by atoms with Gasteiger partial charge in [-0.15, -0.1) is 4.91 Å². The number of hydrogen-bond acceptors (Lipinski definition) is 9. The molecule has 0 aliphatic rings. The molecule has 0 aliphatic carbocycles. The fourth-order valence-corrected chi connectivity index (χ4v) is 3.17. The van der Waals surface area contributed by atoms with Gasteiger partial charge >= 0.3 is 0 Å². The molecular formula is C24H19N2O7-. The van der Waals surface area contributed by atoms with Crippen LogP contribution in [0.4, 0.5) is 5.69 Å². The molecule has 0 saturated carbocycles. The number of aromatic hydroxyl groups is 2. The van der Waals surface area contributed by atoms with E-state index in [0.29, 0.717) is 12.2 Å². The van der Waals surface area contributed by atoms with Gasteiger partial charge in [0.05, 0.1) is 0 Å². The van der Waals surface area contributed by atoms with Crippen LogP contribution in [0.3, 0.4) is 0 Å². The average molecular weight is 447 g/mol. The Balaban J connectivity index is 0.00000306. The summed E-state index contributed by atoms with van der Waals surface area (Å²) in [6.45, 7) is 0. The first-order valence-electron chi connectivity index (χ1n) is 9.75. The molecule has 4 rings (SSSR count). The highest BCUT2D eigenvalue weighted by atomic mass is 16.5. The van der Waals surface area contributed by atoms with Crippen molar-refractivity contribution in [3.63, 3.8) is 0 Å². The van der Waals surface area contributed by atoms with Crippen molar-refractivity contribution in [2.75, 3.05) is 0 Å². The van der Waals surface area contributed by atoms with E-state index in [1.54, 1.807) is 0 Å². The van der Waals surface area contributed by atoms with Crippen molar-refractivity contribution in [1.82, 2.24) is 5.16 Å². The number of Topliss-reactive ketones (excluding diaryl/α,β-unsaturated/α-hetero) is 1. The van der Waals surface area contributed by atoms with E-state index in [-0.39, 0.29) is 57.6 Å². The predicted molar refractivity (Wildman–Crippen MR) is 118 cm³/mol. The standard InChI is InChI=1S/C24H18N2O6.H2O/c27-17-12-21(29)24(22(13-17)31-18-9-7-16(25-30)8-10-18)23-14-19(26-32-23)20(28)11-6-15-4-2-1-3-5-15;/h1-5,7-10,12-14,27,29H,6,11H2;1H2/p-1. The fraction of sp³-hybridized carbons (Fsp3) is 0.0833. The summed E-state index contributed by atoms with van der Waals surface area (Å²) in [7, 11) is 0. The van der Waals surface area contributed by atoms with E-state index in [9.17, 15) is 19.9 Å². The van der Waals surface area contributed by atoms with Crippen LogP contribution in [-0.4, -0.2) is 26.6 Å². The van der Waals surface area contributed by atoms with E-state index in [2.05, 4.69) is 10.3 Å². The second kappa shape index (κ2) is 10.2. The first kappa shape index (κ1) is 23.2. The highest BCUT2D eigenvalue weighted by Crippen LogP contribution is 2.43. The number of carbonyl (C=O) groups excluding carboxylic acids is 1. The smallest absolute Gasteiger partial charge is 0.185 e. The molecule has 9 nitrogen and oxygen atoms in total. The Morgan fingerprint density at radius 2 is 1.73 bits per heavy atom. The summed E-state index contributed by atoms with van der Waals surface area (Å²) >= 11 is 0. The summed E-state index contributed by atoms with van der Waals surface area (Å²) in [5, 5.41) is 27.0. The summed E-state index contributed by atoms with van der Waals surface area (Å²) in [5.74, 6) is -0.235. The van der Waals surface area contributed by atoms with Gasteiger partial charge in [0.1, 0.15) is 39.9 Å². The van der Waals surface area contributed by atoms with E-state index < -0.39 is 0 Å². The van der Waals surface area contributed by atoms with Crippen LogP contribution < -0.4 is 4.74 Å². The van der Waals surface area contributed by atoms with Gasteiger partial charge in [-0.1, -0.05) is 35.5 Å². The largest absolute Gasteiger partial charge is 0.870 e. The number of aromatic nitrogens is 1. The second-order valence-electron chi connectivity index (χ2n) is 7.01. The molecule has 33 heavy (non-hydrogen) atoms. The molecule has 0 bridgehead atoms. The number of ketones is 1. The van der Waals surface area contributed by atoms with Crippen LogP contribution in [0.5, 0.6) is 23.0 Å². The molecule has 0 aliphatic heterocycles. The van der Waals surface area contributed by atoms with Gasteiger partial charge in [0, 0.05) is 24.6 Å².